The van der Waals surface area contributed by atoms with E-state index in [4.69, 9.17) is 5.73 Å². The van der Waals surface area contributed by atoms with Crippen LogP contribution in [0.15, 0.2) is 28.7 Å². The first kappa shape index (κ1) is 16.8. The van der Waals surface area contributed by atoms with Crippen molar-refractivity contribution in [3.63, 3.8) is 0 Å². The number of carbonyl (C=O) groups excluding carboxylic acids is 1. The zero-order chi connectivity index (χ0) is 14.3. The highest BCUT2D eigenvalue weighted by Gasteiger charge is 2.45. The van der Waals surface area contributed by atoms with Crippen molar-refractivity contribution in [2.75, 3.05) is 0 Å². The number of hydrogen-bond acceptors (Lipinski definition) is 2. The van der Waals surface area contributed by atoms with Crippen LogP contribution in [0, 0.1) is 0 Å². The van der Waals surface area contributed by atoms with E-state index in [0.717, 1.165) is 35.7 Å². The van der Waals surface area contributed by atoms with Gasteiger partial charge in [0, 0.05) is 16.6 Å². The Balaban J connectivity index is 0.00000161. The summed E-state index contributed by atoms with van der Waals surface area (Å²) in [4.78, 5) is 15.0. The Bertz CT molecular complexity index is 502. The third-order valence-electron chi connectivity index (χ3n) is 4.82. The second-order valence-electron chi connectivity index (χ2n) is 6.24. The number of nitrogens with zero attached hydrogens (tertiary/aromatic N) is 1. The molecule has 0 spiro atoms. The molecule has 0 saturated carbocycles. The van der Waals surface area contributed by atoms with E-state index < -0.39 is 5.54 Å². The summed E-state index contributed by atoms with van der Waals surface area (Å²) < 4.78 is 1.00. The lowest BCUT2D eigenvalue weighted by molar-refractivity contribution is -0.141. The first-order valence-corrected chi connectivity index (χ1v) is 8.17. The lowest BCUT2D eigenvalue weighted by Crippen LogP contribution is -2.55. The first-order valence-electron chi connectivity index (χ1n) is 7.38. The van der Waals surface area contributed by atoms with E-state index in [9.17, 15) is 4.79 Å². The summed E-state index contributed by atoms with van der Waals surface area (Å²) >= 11 is 3.42. The molecule has 2 N–H and O–H groups in total. The minimum Gasteiger partial charge on any atom is -0.335 e. The summed E-state index contributed by atoms with van der Waals surface area (Å²) in [6.45, 7) is 1.84. The van der Waals surface area contributed by atoms with Crippen molar-refractivity contribution in [1.82, 2.24) is 4.90 Å². The highest BCUT2D eigenvalue weighted by molar-refractivity contribution is 9.10. The van der Waals surface area contributed by atoms with Gasteiger partial charge in [-0.2, -0.15) is 0 Å². The van der Waals surface area contributed by atoms with Gasteiger partial charge in [0.25, 0.3) is 0 Å². The number of piperidine rings is 1. The number of amides is 1. The molecule has 1 aromatic carbocycles. The van der Waals surface area contributed by atoms with Gasteiger partial charge in [0.2, 0.25) is 5.91 Å². The van der Waals surface area contributed by atoms with Gasteiger partial charge in [-0.3, -0.25) is 4.79 Å². The Morgan fingerprint density at radius 1 is 1.19 bits per heavy atom. The predicted octanol–water partition coefficient (Wildman–Crippen LogP) is 3.59. The summed E-state index contributed by atoms with van der Waals surface area (Å²) in [5.41, 5.74) is 6.36. The highest BCUT2D eigenvalue weighted by Crippen LogP contribution is 2.38. The van der Waals surface area contributed by atoms with E-state index in [-0.39, 0.29) is 18.3 Å². The van der Waals surface area contributed by atoms with Crippen molar-refractivity contribution in [2.45, 2.75) is 56.7 Å². The van der Waals surface area contributed by atoms with Crippen LogP contribution < -0.4 is 5.73 Å². The summed E-state index contributed by atoms with van der Waals surface area (Å²) in [6, 6.07) is 8.60. The van der Waals surface area contributed by atoms with Gasteiger partial charge in [0.1, 0.15) is 5.54 Å². The molecule has 0 radical (unpaired) electrons. The maximum atomic E-state index is 13.0. The lowest BCUT2D eigenvalue weighted by Gasteiger charge is -2.39. The summed E-state index contributed by atoms with van der Waals surface area (Å²) in [7, 11) is 0. The van der Waals surface area contributed by atoms with Crippen LogP contribution in [0.2, 0.25) is 0 Å². The van der Waals surface area contributed by atoms with Gasteiger partial charge < -0.3 is 10.6 Å². The topological polar surface area (TPSA) is 46.3 Å². The summed E-state index contributed by atoms with van der Waals surface area (Å²) in [5.74, 6) is 0.0898. The number of benzene rings is 1. The van der Waals surface area contributed by atoms with E-state index in [1.54, 1.807) is 0 Å². The SMILES string of the molecule is CC(N)(C(=O)N1C2CCCC1CC2)c1ccc(Br)cc1.Cl. The van der Waals surface area contributed by atoms with Crippen LogP contribution >= 0.6 is 28.3 Å². The van der Waals surface area contributed by atoms with Gasteiger partial charge in [-0.05, 0) is 56.7 Å². The third-order valence-corrected chi connectivity index (χ3v) is 5.35. The molecule has 2 aliphatic rings. The molecule has 2 bridgehead atoms. The van der Waals surface area contributed by atoms with Crippen LogP contribution in [0.4, 0.5) is 0 Å². The van der Waals surface area contributed by atoms with Crippen LogP contribution in [-0.2, 0) is 10.3 Å². The molecule has 2 aliphatic heterocycles. The molecule has 2 heterocycles. The molecule has 2 fully saturated rings. The number of rotatable bonds is 2. The second-order valence-corrected chi connectivity index (χ2v) is 7.15. The Kier molecular flexibility index (Phi) is 5.01. The minimum absolute atomic E-state index is 0. The quantitative estimate of drug-likeness (QED) is 0.861. The monoisotopic (exact) mass is 372 g/mol. The fraction of sp³-hybridized carbons (Fsp3) is 0.562. The number of hydrogen-bond donors (Lipinski definition) is 1. The number of carbonyl (C=O) groups is 1. The predicted molar refractivity (Wildman–Crippen MR) is 90.4 cm³/mol. The van der Waals surface area contributed by atoms with Crippen molar-refractivity contribution in [1.29, 1.82) is 0 Å². The Morgan fingerprint density at radius 2 is 1.71 bits per heavy atom. The Morgan fingerprint density at radius 3 is 2.24 bits per heavy atom. The number of halogens is 2. The average Bonchev–Trinajstić information content (AvgIpc) is 2.67. The third kappa shape index (κ3) is 2.99. The van der Waals surface area contributed by atoms with Gasteiger partial charge in [-0.1, -0.05) is 28.1 Å². The van der Waals surface area contributed by atoms with Crippen LogP contribution in [0.5, 0.6) is 0 Å². The molecular weight excluding hydrogens is 352 g/mol. The van der Waals surface area contributed by atoms with E-state index >= 15 is 0 Å². The van der Waals surface area contributed by atoms with E-state index in [1.165, 1.54) is 6.42 Å². The van der Waals surface area contributed by atoms with Gasteiger partial charge >= 0.3 is 0 Å². The molecule has 0 aromatic heterocycles. The summed E-state index contributed by atoms with van der Waals surface area (Å²) in [5, 5.41) is 0. The molecule has 3 unspecified atom stereocenters. The Hall–Kier alpha value is -0.580. The molecule has 116 valence electrons. The fourth-order valence-corrected chi connectivity index (χ4v) is 3.90. The van der Waals surface area contributed by atoms with E-state index in [1.807, 2.05) is 31.2 Å². The van der Waals surface area contributed by atoms with Crippen molar-refractivity contribution in [3.05, 3.63) is 34.3 Å². The van der Waals surface area contributed by atoms with Gasteiger partial charge in [0.15, 0.2) is 0 Å². The van der Waals surface area contributed by atoms with Gasteiger partial charge in [0.05, 0.1) is 0 Å². The molecule has 1 aromatic rings. The zero-order valence-corrected chi connectivity index (χ0v) is 14.6. The van der Waals surface area contributed by atoms with Crippen LogP contribution in [0.1, 0.15) is 44.6 Å². The van der Waals surface area contributed by atoms with Gasteiger partial charge in [-0.25, -0.2) is 0 Å². The van der Waals surface area contributed by atoms with Crippen molar-refractivity contribution in [3.8, 4) is 0 Å². The zero-order valence-electron chi connectivity index (χ0n) is 12.2. The van der Waals surface area contributed by atoms with Crippen LogP contribution in [0.25, 0.3) is 0 Å². The molecule has 1 amide bonds. The average molecular weight is 374 g/mol. The van der Waals surface area contributed by atoms with E-state index in [2.05, 4.69) is 20.8 Å². The maximum absolute atomic E-state index is 13.0. The molecule has 0 aliphatic carbocycles. The number of fused-ring (bicyclic) bond motifs is 2. The van der Waals surface area contributed by atoms with Crippen molar-refractivity contribution < 1.29 is 4.79 Å². The molecule has 3 rings (SSSR count). The molecule has 21 heavy (non-hydrogen) atoms. The smallest absolute Gasteiger partial charge is 0.247 e. The molecular formula is C16H22BrClN2O. The van der Waals surface area contributed by atoms with Gasteiger partial charge in [-0.15, -0.1) is 12.4 Å². The standard InChI is InChI=1S/C16H21BrN2O.ClH/c1-16(18,11-5-7-12(17)8-6-11)15(20)19-13-3-2-4-14(19)10-9-13;/h5-8,13-14H,2-4,9-10,18H2,1H3;1H. The fourth-order valence-electron chi connectivity index (χ4n) is 3.64. The molecule has 5 heteroatoms. The lowest BCUT2D eigenvalue weighted by atomic mass is 9.89. The molecule has 3 atom stereocenters. The van der Waals surface area contributed by atoms with Crippen LogP contribution in [0.3, 0.4) is 0 Å². The molecule has 3 nitrogen and oxygen atoms in total. The maximum Gasteiger partial charge on any atom is 0.247 e. The minimum atomic E-state index is -0.932. The first-order chi connectivity index (χ1) is 9.50. The second kappa shape index (κ2) is 6.27. The van der Waals surface area contributed by atoms with Crippen LogP contribution in [-0.4, -0.2) is 22.9 Å². The normalized spacial score (nSPS) is 26.9. The highest BCUT2D eigenvalue weighted by atomic mass is 79.9. The van der Waals surface area contributed by atoms with E-state index in [0.29, 0.717) is 12.1 Å². The summed E-state index contributed by atoms with van der Waals surface area (Å²) in [6.07, 6.45) is 5.82. The Labute approximate surface area is 140 Å². The van der Waals surface area contributed by atoms with Crippen molar-refractivity contribution in [2.24, 2.45) is 5.73 Å². The number of nitrogens with two attached hydrogens (primary N) is 1. The van der Waals surface area contributed by atoms with Crippen molar-refractivity contribution >= 4 is 34.2 Å². The molecule has 2 saturated heterocycles. The largest absolute Gasteiger partial charge is 0.335 e.